The quantitative estimate of drug-likeness (QED) is 0.415. The second kappa shape index (κ2) is 2.89. The molecule has 1 aromatic heterocycles. The van der Waals surface area contributed by atoms with Crippen LogP contribution in [0.4, 0.5) is 5.82 Å². The fraction of sp³-hybridized carbons (Fsp3) is 0. The van der Waals surface area contributed by atoms with Crippen LogP contribution in [0.1, 0.15) is 0 Å². The second-order valence-corrected chi connectivity index (χ2v) is 2.12. The van der Waals surface area contributed by atoms with Crippen LogP contribution in [0.2, 0.25) is 0 Å². The summed E-state index contributed by atoms with van der Waals surface area (Å²) in [5.41, 5.74) is 0.249. The van der Waals surface area contributed by atoms with Crippen molar-refractivity contribution in [2.24, 2.45) is 0 Å². The summed E-state index contributed by atoms with van der Waals surface area (Å²) in [5, 5.41) is 2.69. The Morgan fingerprint density at radius 3 is 2.80 bits per heavy atom. The Morgan fingerprint density at radius 2 is 2.30 bits per heavy atom. The van der Waals surface area contributed by atoms with Crippen molar-refractivity contribution in [3.8, 4) is 0 Å². The first-order valence-corrected chi connectivity index (χ1v) is 3.26. The van der Waals surface area contributed by atoms with Crippen molar-refractivity contribution >= 4 is 28.6 Å². The molecular formula is C5H6BN2OP. The van der Waals surface area contributed by atoms with Gasteiger partial charge < -0.3 is 10.1 Å². The minimum atomic E-state index is -0.110. The average Bonchev–Trinajstić information content (AvgIpc) is 1.85. The summed E-state index contributed by atoms with van der Waals surface area (Å²) in [6.45, 7) is 0. The molecule has 0 spiro atoms. The van der Waals surface area contributed by atoms with Crippen LogP contribution in [0.5, 0.6) is 0 Å². The first kappa shape index (κ1) is 7.35. The highest BCUT2D eigenvalue weighted by Crippen LogP contribution is 1.96. The van der Waals surface area contributed by atoms with Crippen LogP contribution in [-0.2, 0) is 0 Å². The lowest BCUT2D eigenvalue weighted by Gasteiger charge is -1.99. The topological polar surface area (TPSA) is 44.9 Å². The van der Waals surface area contributed by atoms with Crippen molar-refractivity contribution in [1.82, 2.24) is 4.98 Å². The van der Waals surface area contributed by atoms with Crippen molar-refractivity contribution in [1.29, 1.82) is 0 Å². The monoisotopic (exact) mass is 152 g/mol. The Hall–Kier alpha value is -0.755. The number of hydrogen-bond acceptors (Lipinski definition) is 2. The van der Waals surface area contributed by atoms with E-state index in [9.17, 15) is 4.79 Å². The molecule has 0 aliphatic heterocycles. The predicted molar refractivity (Wildman–Crippen MR) is 45.8 cm³/mol. The third kappa shape index (κ3) is 1.61. The van der Waals surface area contributed by atoms with Gasteiger partial charge in [-0.3, -0.25) is 4.79 Å². The normalized spacial score (nSPS) is 9.30. The number of aromatic amines is 1. The third-order valence-corrected chi connectivity index (χ3v) is 1.33. The molecule has 1 rings (SSSR count). The summed E-state index contributed by atoms with van der Waals surface area (Å²) in [6, 6.07) is 2.74. The Labute approximate surface area is 61.9 Å². The number of nitrogens with one attached hydrogen (secondary N) is 2. The standard InChI is InChI=1S/C5H6BN2OP/c6-4-1-3(9)2-5(7-4)8-10/h1-2H,10H2,(H2,7,8,9). The van der Waals surface area contributed by atoms with Crippen LogP contribution in [0.25, 0.3) is 0 Å². The molecule has 1 aromatic rings. The zero-order valence-electron chi connectivity index (χ0n) is 5.22. The van der Waals surface area contributed by atoms with E-state index in [2.05, 4.69) is 19.5 Å². The number of hydrogen-bond donors (Lipinski definition) is 2. The van der Waals surface area contributed by atoms with Gasteiger partial charge in [-0.15, -0.1) is 0 Å². The van der Waals surface area contributed by atoms with Gasteiger partial charge in [0.05, 0.1) is 0 Å². The molecule has 0 amide bonds. The molecule has 1 atom stereocenters. The SMILES string of the molecule is [B]c1cc(=O)cc(NP)[nH]1. The van der Waals surface area contributed by atoms with Gasteiger partial charge >= 0.3 is 0 Å². The maximum Gasteiger partial charge on any atom is 0.183 e. The van der Waals surface area contributed by atoms with Crippen molar-refractivity contribution in [3.63, 3.8) is 0 Å². The molecule has 50 valence electrons. The van der Waals surface area contributed by atoms with E-state index in [0.717, 1.165) is 0 Å². The number of anilines is 1. The molecule has 1 heterocycles. The Morgan fingerprint density at radius 1 is 1.60 bits per heavy atom. The largest absolute Gasteiger partial charge is 0.356 e. The highest BCUT2D eigenvalue weighted by atomic mass is 31.0. The van der Waals surface area contributed by atoms with Gasteiger partial charge in [0, 0.05) is 6.07 Å². The van der Waals surface area contributed by atoms with Crippen LogP contribution in [0.15, 0.2) is 16.9 Å². The molecule has 0 aliphatic carbocycles. The number of pyridine rings is 1. The lowest BCUT2D eigenvalue weighted by Crippen LogP contribution is -2.16. The molecule has 1 unspecified atom stereocenters. The summed E-state index contributed by atoms with van der Waals surface area (Å²) in [4.78, 5) is 13.5. The van der Waals surface area contributed by atoms with E-state index in [0.29, 0.717) is 11.4 Å². The maximum atomic E-state index is 10.7. The van der Waals surface area contributed by atoms with E-state index in [-0.39, 0.29) is 5.43 Å². The minimum absolute atomic E-state index is 0.110. The molecule has 0 aromatic carbocycles. The lowest BCUT2D eigenvalue weighted by molar-refractivity contribution is 1.37. The van der Waals surface area contributed by atoms with Crippen molar-refractivity contribution in [3.05, 3.63) is 22.4 Å². The third-order valence-electron chi connectivity index (χ3n) is 1.02. The number of aromatic nitrogens is 1. The molecule has 10 heavy (non-hydrogen) atoms. The van der Waals surface area contributed by atoms with Gasteiger partial charge in [0.1, 0.15) is 13.7 Å². The van der Waals surface area contributed by atoms with Gasteiger partial charge in [-0.2, -0.15) is 0 Å². The zero-order chi connectivity index (χ0) is 7.56. The maximum absolute atomic E-state index is 10.7. The number of rotatable bonds is 1. The summed E-state index contributed by atoms with van der Waals surface area (Å²) < 4.78 is 0. The van der Waals surface area contributed by atoms with Crippen molar-refractivity contribution in [2.45, 2.75) is 0 Å². The lowest BCUT2D eigenvalue weighted by atomic mass is 10.0. The van der Waals surface area contributed by atoms with Gasteiger partial charge in [0.25, 0.3) is 0 Å². The Bertz CT molecular complexity index is 285. The van der Waals surface area contributed by atoms with Gasteiger partial charge in [-0.1, -0.05) is 0 Å². The summed E-state index contributed by atoms with van der Waals surface area (Å²) in [5.74, 6) is 0.593. The predicted octanol–water partition coefficient (Wildman–Crippen LogP) is -0.629. The highest BCUT2D eigenvalue weighted by molar-refractivity contribution is 7.18. The average molecular weight is 152 g/mol. The molecule has 0 saturated heterocycles. The van der Waals surface area contributed by atoms with E-state index in [4.69, 9.17) is 7.85 Å². The van der Waals surface area contributed by atoms with Crippen molar-refractivity contribution < 1.29 is 0 Å². The van der Waals surface area contributed by atoms with Gasteiger partial charge in [-0.25, -0.2) is 0 Å². The molecule has 2 radical (unpaired) electrons. The molecule has 3 nitrogen and oxygen atoms in total. The number of H-pyrrole nitrogens is 1. The molecule has 0 aliphatic rings. The van der Waals surface area contributed by atoms with Crippen LogP contribution in [0, 0.1) is 0 Å². The molecule has 0 saturated carbocycles. The summed E-state index contributed by atoms with van der Waals surface area (Å²) in [7, 11) is 7.59. The first-order chi connectivity index (χ1) is 4.72. The van der Waals surface area contributed by atoms with Gasteiger partial charge in [-0.05, 0) is 21.1 Å². The smallest absolute Gasteiger partial charge is 0.183 e. The fourth-order valence-electron chi connectivity index (χ4n) is 0.643. The summed E-state index contributed by atoms with van der Waals surface area (Å²) >= 11 is 0. The highest BCUT2D eigenvalue weighted by Gasteiger charge is 1.90. The van der Waals surface area contributed by atoms with E-state index < -0.39 is 0 Å². The van der Waals surface area contributed by atoms with Crippen LogP contribution >= 0.6 is 9.39 Å². The van der Waals surface area contributed by atoms with E-state index >= 15 is 0 Å². The van der Waals surface area contributed by atoms with Crippen LogP contribution in [0.3, 0.4) is 0 Å². The molecule has 0 bridgehead atoms. The van der Waals surface area contributed by atoms with Crippen LogP contribution < -0.4 is 16.1 Å². The molecule has 0 fully saturated rings. The van der Waals surface area contributed by atoms with Gasteiger partial charge in [0.2, 0.25) is 0 Å². The molecule has 2 N–H and O–H groups in total. The Kier molecular flexibility index (Phi) is 2.12. The van der Waals surface area contributed by atoms with E-state index in [1.165, 1.54) is 12.1 Å². The zero-order valence-corrected chi connectivity index (χ0v) is 6.37. The first-order valence-electron chi connectivity index (χ1n) is 2.69. The molecule has 5 heteroatoms. The Balaban J connectivity index is 3.19. The molecular weight excluding hydrogens is 146 g/mol. The van der Waals surface area contributed by atoms with Crippen LogP contribution in [-0.4, -0.2) is 12.8 Å². The van der Waals surface area contributed by atoms with E-state index in [1.54, 1.807) is 0 Å². The van der Waals surface area contributed by atoms with E-state index in [1.807, 2.05) is 0 Å². The van der Waals surface area contributed by atoms with Gasteiger partial charge in [0.15, 0.2) is 5.43 Å². The van der Waals surface area contributed by atoms with Crippen molar-refractivity contribution in [2.75, 3.05) is 5.09 Å². The minimum Gasteiger partial charge on any atom is -0.356 e. The second-order valence-electron chi connectivity index (χ2n) is 1.83. The fourth-order valence-corrected chi connectivity index (χ4v) is 0.798. The summed E-state index contributed by atoms with van der Waals surface area (Å²) in [6.07, 6.45) is 0.